The van der Waals surface area contributed by atoms with Gasteiger partial charge in [-0.2, -0.15) is 0 Å². The molecule has 8 heteroatoms. The van der Waals surface area contributed by atoms with Gasteiger partial charge in [0.25, 0.3) is 0 Å². The second kappa shape index (κ2) is 11.6. The van der Waals surface area contributed by atoms with Crippen molar-refractivity contribution in [2.75, 3.05) is 23.5 Å². The number of unbranched alkanes of at least 4 members (excludes halogenated alkanes) is 3. The fraction of sp³-hybridized carbons (Fsp3) is 0.375. The van der Waals surface area contributed by atoms with E-state index in [2.05, 4.69) is 28.2 Å². The van der Waals surface area contributed by atoms with Crippen molar-refractivity contribution in [3.05, 3.63) is 42.5 Å². The van der Waals surface area contributed by atoms with Crippen LogP contribution in [0, 0.1) is 0 Å². The molecule has 0 aliphatic carbocycles. The zero-order valence-corrected chi connectivity index (χ0v) is 19.6. The molecule has 2 N–H and O–H groups in total. The number of carbonyl (C=O) groups is 2. The minimum atomic E-state index is -0.180. The highest BCUT2D eigenvalue weighted by Gasteiger charge is 2.14. The molecule has 0 unspecified atom stereocenters. The van der Waals surface area contributed by atoms with E-state index < -0.39 is 0 Å². The molecule has 170 valence electrons. The van der Waals surface area contributed by atoms with Crippen LogP contribution >= 0.6 is 11.8 Å². The van der Waals surface area contributed by atoms with Crippen LogP contribution in [0.2, 0.25) is 0 Å². The number of ether oxygens (including phenoxy) is 1. The third-order valence-electron chi connectivity index (χ3n) is 4.98. The molecule has 0 aliphatic heterocycles. The summed E-state index contributed by atoms with van der Waals surface area (Å²) in [5.74, 6) is 0.394. The van der Waals surface area contributed by atoms with Gasteiger partial charge in [-0.15, -0.1) is 0 Å². The SMILES string of the molecule is CCCCCCn1c(SCC(=O)Nc2cc(NC(C)=O)ccc2OC)nc2ccccc21. The largest absolute Gasteiger partial charge is 0.495 e. The topological polar surface area (TPSA) is 85.2 Å². The monoisotopic (exact) mass is 454 g/mol. The van der Waals surface area contributed by atoms with Crippen LogP contribution in [0.3, 0.4) is 0 Å². The number of nitrogens with zero attached hydrogens (tertiary/aromatic N) is 2. The molecule has 0 fully saturated rings. The first kappa shape index (κ1) is 23.7. The predicted molar refractivity (Wildman–Crippen MR) is 131 cm³/mol. The normalized spacial score (nSPS) is 10.8. The van der Waals surface area contributed by atoms with Crippen LogP contribution in [0.1, 0.15) is 39.5 Å². The second-order valence-electron chi connectivity index (χ2n) is 7.53. The van der Waals surface area contributed by atoms with Gasteiger partial charge >= 0.3 is 0 Å². The van der Waals surface area contributed by atoms with Crippen LogP contribution in [0.4, 0.5) is 11.4 Å². The predicted octanol–water partition coefficient (Wildman–Crippen LogP) is 5.31. The van der Waals surface area contributed by atoms with E-state index in [0.717, 1.165) is 29.2 Å². The highest BCUT2D eigenvalue weighted by atomic mass is 32.2. The van der Waals surface area contributed by atoms with E-state index in [9.17, 15) is 9.59 Å². The van der Waals surface area contributed by atoms with Gasteiger partial charge in [-0.25, -0.2) is 4.98 Å². The number of hydrogen-bond donors (Lipinski definition) is 2. The van der Waals surface area contributed by atoms with Crippen molar-refractivity contribution in [3.8, 4) is 5.75 Å². The molecule has 0 aliphatic rings. The Kier molecular flexibility index (Phi) is 8.56. The number of nitrogens with one attached hydrogen (secondary N) is 2. The molecule has 0 saturated carbocycles. The molecule has 32 heavy (non-hydrogen) atoms. The quantitative estimate of drug-likeness (QED) is 0.303. The van der Waals surface area contributed by atoms with Crippen LogP contribution in [0.25, 0.3) is 11.0 Å². The van der Waals surface area contributed by atoms with E-state index in [1.807, 2.05) is 18.2 Å². The number of fused-ring (bicyclic) bond motifs is 1. The van der Waals surface area contributed by atoms with Crippen LogP contribution in [0.5, 0.6) is 5.75 Å². The number of para-hydroxylation sites is 2. The van der Waals surface area contributed by atoms with Crippen LogP contribution < -0.4 is 15.4 Å². The molecule has 1 aromatic heterocycles. The molecular weight excluding hydrogens is 424 g/mol. The van der Waals surface area contributed by atoms with Crippen molar-refractivity contribution < 1.29 is 14.3 Å². The molecule has 7 nitrogen and oxygen atoms in total. The number of anilines is 2. The summed E-state index contributed by atoms with van der Waals surface area (Å²) in [6, 6.07) is 13.2. The van der Waals surface area contributed by atoms with Gasteiger partial charge in [-0.3, -0.25) is 9.59 Å². The lowest BCUT2D eigenvalue weighted by Gasteiger charge is -2.13. The van der Waals surface area contributed by atoms with Gasteiger partial charge in [0, 0.05) is 19.2 Å². The van der Waals surface area contributed by atoms with Gasteiger partial charge in [-0.1, -0.05) is 50.1 Å². The van der Waals surface area contributed by atoms with Crippen LogP contribution in [0.15, 0.2) is 47.6 Å². The standard InChI is InChI=1S/C24H30N4O3S/c1-4-5-6-9-14-28-21-11-8-7-10-19(21)27-24(28)32-16-23(30)26-20-15-18(25-17(2)29)12-13-22(20)31-3/h7-8,10-13,15H,4-6,9,14,16H2,1-3H3,(H,25,29)(H,26,30). The van der Waals surface area contributed by atoms with Gasteiger partial charge in [-0.05, 0) is 36.8 Å². The summed E-state index contributed by atoms with van der Waals surface area (Å²) < 4.78 is 7.55. The summed E-state index contributed by atoms with van der Waals surface area (Å²) in [4.78, 5) is 28.8. The van der Waals surface area contributed by atoms with Crippen LogP contribution in [-0.4, -0.2) is 34.2 Å². The maximum atomic E-state index is 12.7. The maximum absolute atomic E-state index is 12.7. The number of rotatable bonds is 11. The Bertz CT molecular complexity index is 1080. The Morgan fingerprint density at radius 3 is 2.66 bits per heavy atom. The molecule has 0 saturated heterocycles. The summed E-state index contributed by atoms with van der Waals surface area (Å²) >= 11 is 1.42. The molecule has 1 heterocycles. The Morgan fingerprint density at radius 2 is 1.91 bits per heavy atom. The Balaban J connectivity index is 1.70. The molecule has 2 aromatic carbocycles. The number of carbonyl (C=O) groups excluding carboxylic acids is 2. The average molecular weight is 455 g/mol. The number of imidazole rings is 1. The van der Waals surface area contributed by atoms with Crippen molar-refractivity contribution in [2.24, 2.45) is 0 Å². The van der Waals surface area contributed by atoms with E-state index in [0.29, 0.717) is 17.1 Å². The van der Waals surface area contributed by atoms with Crippen LogP contribution in [-0.2, 0) is 16.1 Å². The fourth-order valence-corrected chi connectivity index (χ4v) is 4.32. The third-order valence-corrected chi connectivity index (χ3v) is 5.96. The fourth-order valence-electron chi connectivity index (χ4n) is 3.48. The zero-order valence-electron chi connectivity index (χ0n) is 18.8. The number of thioether (sulfide) groups is 1. The molecule has 0 spiro atoms. The number of hydrogen-bond acceptors (Lipinski definition) is 5. The molecule has 0 atom stereocenters. The van der Waals surface area contributed by atoms with Crippen molar-refractivity contribution in [1.29, 1.82) is 0 Å². The lowest BCUT2D eigenvalue weighted by molar-refractivity contribution is -0.114. The van der Waals surface area contributed by atoms with Gasteiger partial charge in [0.1, 0.15) is 5.75 Å². The number of benzene rings is 2. The van der Waals surface area contributed by atoms with E-state index in [4.69, 9.17) is 9.72 Å². The average Bonchev–Trinajstić information content (AvgIpc) is 3.12. The lowest BCUT2D eigenvalue weighted by Crippen LogP contribution is -2.16. The molecule has 3 aromatic rings. The van der Waals surface area contributed by atoms with Crippen molar-refractivity contribution in [1.82, 2.24) is 9.55 Å². The number of aryl methyl sites for hydroxylation is 1. The molecule has 0 bridgehead atoms. The van der Waals surface area contributed by atoms with Crippen molar-refractivity contribution in [3.63, 3.8) is 0 Å². The zero-order chi connectivity index (χ0) is 22.9. The first-order chi connectivity index (χ1) is 15.5. The number of amides is 2. The highest BCUT2D eigenvalue weighted by molar-refractivity contribution is 7.99. The van der Waals surface area contributed by atoms with E-state index >= 15 is 0 Å². The highest BCUT2D eigenvalue weighted by Crippen LogP contribution is 2.29. The summed E-state index contributed by atoms with van der Waals surface area (Å²) in [6.07, 6.45) is 4.68. The Labute approximate surface area is 192 Å². The van der Waals surface area contributed by atoms with Crippen molar-refractivity contribution in [2.45, 2.75) is 51.2 Å². The van der Waals surface area contributed by atoms with E-state index in [1.54, 1.807) is 25.3 Å². The summed E-state index contributed by atoms with van der Waals surface area (Å²) in [5, 5.41) is 6.44. The first-order valence-corrected chi connectivity index (χ1v) is 11.8. The smallest absolute Gasteiger partial charge is 0.234 e. The summed E-state index contributed by atoms with van der Waals surface area (Å²) in [7, 11) is 1.54. The first-order valence-electron chi connectivity index (χ1n) is 10.9. The minimum Gasteiger partial charge on any atom is -0.495 e. The van der Waals surface area contributed by atoms with Crippen molar-refractivity contribution >= 4 is 46.0 Å². The van der Waals surface area contributed by atoms with Gasteiger partial charge in [0.05, 0.1) is 29.6 Å². The lowest BCUT2D eigenvalue weighted by atomic mass is 10.2. The Hall–Kier alpha value is -3.00. The van der Waals surface area contributed by atoms with E-state index in [1.165, 1.54) is 37.9 Å². The van der Waals surface area contributed by atoms with Gasteiger partial charge in [0.2, 0.25) is 11.8 Å². The number of methoxy groups -OCH3 is 1. The van der Waals surface area contributed by atoms with Gasteiger partial charge in [0.15, 0.2) is 5.16 Å². The molecular formula is C24H30N4O3S. The van der Waals surface area contributed by atoms with Gasteiger partial charge < -0.3 is 19.9 Å². The second-order valence-corrected chi connectivity index (χ2v) is 8.47. The summed E-state index contributed by atoms with van der Waals surface area (Å²) in [5.41, 5.74) is 3.14. The maximum Gasteiger partial charge on any atom is 0.234 e. The summed E-state index contributed by atoms with van der Waals surface area (Å²) in [6.45, 7) is 4.53. The molecule has 2 amide bonds. The van der Waals surface area contributed by atoms with E-state index in [-0.39, 0.29) is 17.6 Å². The third kappa shape index (κ3) is 6.26. The molecule has 3 rings (SSSR count). The number of aromatic nitrogens is 2. The minimum absolute atomic E-state index is 0.169. The Morgan fingerprint density at radius 1 is 1.09 bits per heavy atom. The molecule has 0 radical (unpaired) electrons.